The lowest BCUT2D eigenvalue weighted by molar-refractivity contribution is 0.111. The predicted octanol–water partition coefficient (Wildman–Crippen LogP) is 4.89. The molecule has 0 saturated heterocycles. The van der Waals surface area contributed by atoms with Crippen LogP contribution in [0.25, 0.3) is 0 Å². The Morgan fingerprint density at radius 1 is 1.00 bits per heavy atom. The van der Waals surface area contributed by atoms with Crippen LogP contribution in [0.3, 0.4) is 0 Å². The first-order valence-corrected chi connectivity index (χ1v) is 6.43. The Hall–Kier alpha value is 0. The fraction of sp³-hybridized carbons (Fsp3) is 1.00. The number of hydrogen-bond acceptors (Lipinski definition) is 0. The lowest BCUT2D eigenvalue weighted by atomic mass is 9.65. The van der Waals surface area contributed by atoms with Gasteiger partial charge in [0.15, 0.2) is 0 Å². The van der Waals surface area contributed by atoms with Crippen LogP contribution in [0.15, 0.2) is 0 Å². The summed E-state index contributed by atoms with van der Waals surface area (Å²) in [5, 5.41) is 0. The van der Waals surface area contributed by atoms with Crippen molar-refractivity contribution in [2.24, 2.45) is 23.2 Å². The van der Waals surface area contributed by atoms with E-state index < -0.39 is 0 Å². The van der Waals surface area contributed by atoms with Crippen LogP contribution in [0, 0.1) is 23.2 Å². The van der Waals surface area contributed by atoms with E-state index in [2.05, 4.69) is 34.6 Å². The Morgan fingerprint density at radius 2 is 1.50 bits per heavy atom. The van der Waals surface area contributed by atoms with Gasteiger partial charge in [-0.1, -0.05) is 41.0 Å². The lowest BCUT2D eigenvalue weighted by Crippen LogP contribution is -2.29. The number of rotatable bonds is 1. The maximum atomic E-state index is 2.34. The second kappa shape index (κ2) is 4.68. The van der Waals surface area contributed by atoms with Crippen molar-refractivity contribution in [1.29, 1.82) is 0 Å². The molecular weight excluding hydrogens is 168 g/mol. The summed E-state index contributed by atoms with van der Waals surface area (Å²) in [4.78, 5) is 0. The Labute approximate surface area is 90.5 Å². The summed E-state index contributed by atoms with van der Waals surface area (Å²) in [6, 6.07) is 0. The molecule has 2 saturated carbocycles. The van der Waals surface area contributed by atoms with E-state index in [1.54, 1.807) is 0 Å². The van der Waals surface area contributed by atoms with Gasteiger partial charge in [0.25, 0.3) is 0 Å². The highest BCUT2D eigenvalue weighted by molar-refractivity contribution is 4.83. The van der Waals surface area contributed by atoms with Crippen molar-refractivity contribution < 1.29 is 0 Å². The van der Waals surface area contributed by atoms with E-state index in [4.69, 9.17) is 0 Å². The zero-order valence-corrected chi connectivity index (χ0v) is 10.8. The summed E-state index contributed by atoms with van der Waals surface area (Å²) in [6.07, 6.45) is 7.28. The minimum Gasteiger partial charge on any atom is -0.0651 e. The van der Waals surface area contributed by atoms with E-state index in [0.29, 0.717) is 5.41 Å². The average molecular weight is 196 g/mol. The summed E-state index contributed by atoms with van der Waals surface area (Å²) in [5.41, 5.74) is 0.694. The van der Waals surface area contributed by atoms with Crippen molar-refractivity contribution in [3.8, 4) is 0 Å². The minimum atomic E-state index is 0.694. The average Bonchev–Trinajstić information content (AvgIpc) is 1.96. The van der Waals surface area contributed by atoms with Crippen molar-refractivity contribution in [3.05, 3.63) is 0 Å². The molecule has 0 aromatic rings. The van der Waals surface area contributed by atoms with Crippen LogP contribution in [0.2, 0.25) is 0 Å². The van der Waals surface area contributed by atoms with Gasteiger partial charge in [0, 0.05) is 0 Å². The molecule has 0 aromatic heterocycles. The topological polar surface area (TPSA) is 0 Å². The van der Waals surface area contributed by atoms with Gasteiger partial charge in [0.2, 0.25) is 0 Å². The van der Waals surface area contributed by atoms with E-state index in [-0.39, 0.29) is 0 Å². The molecule has 0 unspecified atom stereocenters. The van der Waals surface area contributed by atoms with Gasteiger partial charge in [-0.2, -0.15) is 0 Å². The third kappa shape index (κ3) is 3.63. The molecule has 0 spiro atoms. The van der Waals surface area contributed by atoms with Gasteiger partial charge in [-0.25, -0.2) is 0 Å². The Bertz CT molecular complexity index is 155. The molecule has 0 aliphatic heterocycles. The molecule has 0 N–H and O–H groups in total. The molecule has 0 atom stereocenters. The van der Waals surface area contributed by atoms with Gasteiger partial charge in [0.1, 0.15) is 0 Å². The van der Waals surface area contributed by atoms with E-state index in [0.717, 1.165) is 17.8 Å². The van der Waals surface area contributed by atoms with Crippen LogP contribution < -0.4 is 0 Å². The highest BCUT2D eigenvalue weighted by Gasteiger charge is 2.32. The predicted molar refractivity (Wildman–Crippen MR) is 64.4 cm³/mol. The zero-order valence-electron chi connectivity index (χ0n) is 10.8. The summed E-state index contributed by atoms with van der Waals surface area (Å²) in [7, 11) is 0. The summed E-state index contributed by atoms with van der Waals surface area (Å²) in [5.74, 6) is 3.15. The Balaban J connectivity index is 0.000000140. The van der Waals surface area contributed by atoms with E-state index in [1.807, 2.05) is 0 Å². The van der Waals surface area contributed by atoms with Crippen LogP contribution >= 0.6 is 0 Å². The third-order valence-electron chi connectivity index (χ3n) is 3.85. The van der Waals surface area contributed by atoms with Crippen molar-refractivity contribution >= 4 is 0 Å². The second-order valence-electron chi connectivity index (χ2n) is 6.53. The van der Waals surface area contributed by atoms with Gasteiger partial charge in [-0.15, -0.1) is 0 Å². The normalized spacial score (nSPS) is 34.9. The SMILES string of the molecule is CC1CC(C)(C)C1.CCC1CC(C)C1. The van der Waals surface area contributed by atoms with Crippen molar-refractivity contribution in [1.82, 2.24) is 0 Å². The summed E-state index contributed by atoms with van der Waals surface area (Å²) >= 11 is 0. The Morgan fingerprint density at radius 3 is 1.57 bits per heavy atom. The smallest absolute Gasteiger partial charge is 0.0349 e. The molecule has 0 nitrogen and oxygen atoms in total. The molecule has 2 rings (SSSR count). The first-order chi connectivity index (χ1) is 6.43. The monoisotopic (exact) mass is 196 g/mol. The molecule has 14 heavy (non-hydrogen) atoms. The van der Waals surface area contributed by atoms with Crippen molar-refractivity contribution in [2.75, 3.05) is 0 Å². The highest BCUT2D eigenvalue weighted by Crippen LogP contribution is 2.43. The van der Waals surface area contributed by atoms with Gasteiger partial charge < -0.3 is 0 Å². The summed E-state index contributed by atoms with van der Waals surface area (Å²) < 4.78 is 0. The molecule has 0 heterocycles. The molecule has 0 radical (unpaired) electrons. The highest BCUT2D eigenvalue weighted by atomic mass is 14.4. The first kappa shape index (κ1) is 12.1. The van der Waals surface area contributed by atoms with Crippen molar-refractivity contribution in [2.45, 2.75) is 66.7 Å². The largest absolute Gasteiger partial charge is 0.0651 e. The van der Waals surface area contributed by atoms with E-state index >= 15 is 0 Å². The maximum absolute atomic E-state index is 2.34. The molecule has 84 valence electrons. The molecule has 2 aliphatic rings. The quantitative estimate of drug-likeness (QED) is 0.560. The molecular formula is C14H28. The Kier molecular flexibility index (Phi) is 4.04. The van der Waals surface area contributed by atoms with Crippen LogP contribution in [0.1, 0.15) is 66.7 Å². The van der Waals surface area contributed by atoms with Crippen molar-refractivity contribution in [3.63, 3.8) is 0 Å². The van der Waals surface area contributed by atoms with Crippen LogP contribution in [-0.4, -0.2) is 0 Å². The third-order valence-corrected chi connectivity index (χ3v) is 3.85. The molecule has 2 fully saturated rings. The molecule has 2 aliphatic carbocycles. The van der Waals surface area contributed by atoms with E-state index in [1.165, 1.54) is 32.1 Å². The van der Waals surface area contributed by atoms with Gasteiger partial charge in [-0.3, -0.25) is 0 Å². The fourth-order valence-electron chi connectivity index (χ4n) is 3.23. The fourth-order valence-corrected chi connectivity index (χ4v) is 3.23. The van der Waals surface area contributed by atoms with E-state index in [9.17, 15) is 0 Å². The maximum Gasteiger partial charge on any atom is -0.0349 e. The van der Waals surface area contributed by atoms with Gasteiger partial charge in [-0.05, 0) is 48.9 Å². The molecule has 0 aromatic carbocycles. The second-order valence-corrected chi connectivity index (χ2v) is 6.53. The lowest BCUT2D eigenvalue weighted by Gasteiger charge is -2.40. The first-order valence-electron chi connectivity index (χ1n) is 6.43. The standard InChI is InChI=1S/2C7H14/c1-6-4-7(2,3)5-6;1-3-7-4-6(2)5-7/h6H,4-5H2,1-3H3;6-7H,3-5H2,1-2H3. The van der Waals surface area contributed by atoms with Crippen LogP contribution in [0.4, 0.5) is 0 Å². The zero-order chi connectivity index (χ0) is 10.8. The molecule has 0 heteroatoms. The van der Waals surface area contributed by atoms with Gasteiger partial charge >= 0.3 is 0 Å². The summed E-state index contributed by atoms with van der Waals surface area (Å²) in [6.45, 7) is 11.6. The number of hydrogen-bond donors (Lipinski definition) is 0. The molecule has 0 amide bonds. The van der Waals surface area contributed by atoms with Gasteiger partial charge in [0.05, 0.1) is 0 Å². The minimum absolute atomic E-state index is 0.694. The molecule has 0 bridgehead atoms. The van der Waals surface area contributed by atoms with Crippen LogP contribution in [0.5, 0.6) is 0 Å². The van der Waals surface area contributed by atoms with Crippen LogP contribution in [-0.2, 0) is 0 Å².